The van der Waals surface area contributed by atoms with Crippen LogP contribution in [0.25, 0.3) is 0 Å². The Labute approximate surface area is 126 Å². The molecule has 2 N–H and O–H groups in total. The molecule has 3 nitrogen and oxygen atoms in total. The van der Waals surface area contributed by atoms with E-state index in [-0.39, 0.29) is 12.6 Å². The van der Waals surface area contributed by atoms with Gasteiger partial charge in [0.2, 0.25) is 0 Å². The van der Waals surface area contributed by atoms with Crippen LogP contribution >= 0.6 is 0 Å². The minimum Gasteiger partial charge on any atom is -0.396 e. The van der Waals surface area contributed by atoms with Crippen molar-refractivity contribution in [2.45, 2.75) is 25.1 Å². The molecule has 124 valence electrons. The van der Waals surface area contributed by atoms with Crippen molar-refractivity contribution in [2.75, 3.05) is 32.8 Å². The van der Waals surface area contributed by atoms with Crippen LogP contribution in [-0.4, -0.2) is 42.8 Å². The van der Waals surface area contributed by atoms with Crippen molar-refractivity contribution in [1.29, 1.82) is 0 Å². The molecule has 0 radical (unpaired) electrons. The number of piperazine rings is 1. The lowest BCUT2D eigenvalue weighted by Gasteiger charge is -2.35. The highest BCUT2D eigenvalue weighted by Crippen LogP contribution is 2.34. The molecule has 1 atom stereocenters. The second-order valence-corrected chi connectivity index (χ2v) is 5.44. The van der Waals surface area contributed by atoms with Gasteiger partial charge in [-0.2, -0.15) is 13.2 Å². The van der Waals surface area contributed by atoms with Gasteiger partial charge < -0.3 is 10.4 Å². The maximum atomic E-state index is 13.6. The van der Waals surface area contributed by atoms with E-state index in [0.717, 1.165) is 19.2 Å². The van der Waals surface area contributed by atoms with Gasteiger partial charge in [-0.15, -0.1) is 0 Å². The monoisotopic (exact) mass is 320 g/mol. The summed E-state index contributed by atoms with van der Waals surface area (Å²) in [5, 5.41) is 12.2. The Bertz CT molecular complexity index is 487. The van der Waals surface area contributed by atoms with Crippen LogP contribution in [0, 0.1) is 5.82 Å². The van der Waals surface area contributed by atoms with Gasteiger partial charge in [0.05, 0.1) is 5.56 Å². The van der Waals surface area contributed by atoms with E-state index in [1.54, 1.807) is 0 Å². The van der Waals surface area contributed by atoms with E-state index in [0.29, 0.717) is 37.6 Å². The van der Waals surface area contributed by atoms with E-state index < -0.39 is 17.6 Å². The molecule has 0 aromatic heterocycles. The Kier molecular flexibility index (Phi) is 5.77. The molecule has 2 rings (SSSR count). The van der Waals surface area contributed by atoms with Gasteiger partial charge in [0.25, 0.3) is 0 Å². The van der Waals surface area contributed by atoms with Gasteiger partial charge >= 0.3 is 6.18 Å². The molecule has 0 saturated carbocycles. The summed E-state index contributed by atoms with van der Waals surface area (Å²) in [4.78, 5) is 2.04. The Morgan fingerprint density at radius 3 is 2.45 bits per heavy atom. The molecule has 0 amide bonds. The Morgan fingerprint density at radius 1 is 1.18 bits per heavy atom. The smallest absolute Gasteiger partial charge is 0.396 e. The van der Waals surface area contributed by atoms with Crippen LogP contribution in [0.2, 0.25) is 0 Å². The van der Waals surface area contributed by atoms with Gasteiger partial charge in [0.1, 0.15) is 5.82 Å². The first-order valence-corrected chi connectivity index (χ1v) is 7.35. The average molecular weight is 320 g/mol. The molecule has 1 aromatic rings. The molecule has 1 aliphatic heterocycles. The lowest BCUT2D eigenvalue weighted by molar-refractivity contribution is -0.137. The normalized spacial score (nSPS) is 18.4. The minimum absolute atomic E-state index is 0.0377. The fourth-order valence-corrected chi connectivity index (χ4v) is 2.81. The highest BCUT2D eigenvalue weighted by Gasteiger charge is 2.33. The molecule has 0 unspecified atom stereocenters. The number of hydrogen-bond acceptors (Lipinski definition) is 3. The van der Waals surface area contributed by atoms with Gasteiger partial charge in [0, 0.05) is 38.8 Å². The lowest BCUT2D eigenvalue weighted by Crippen LogP contribution is -2.45. The zero-order chi connectivity index (χ0) is 16.2. The number of rotatable bonds is 5. The zero-order valence-electron chi connectivity index (χ0n) is 12.2. The topological polar surface area (TPSA) is 35.5 Å². The molecule has 1 heterocycles. The molecule has 0 aliphatic carbocycles. The van der Waals surface area contributed by atoms with E-state index in [4.69, 9.17) is 5.11 Å². The number of aliphatic hydroxyl groups is 1. The molecule has 0 spiro atoms. The first-order valence-electron chi connectivity index (χ1n) is 7.35. The van der Waals surface area contributed by atoms with Gasteiger partial charge in [-0.05, 0) is 36.6 Å². The average Bonchev–Trinajstić information content (AvgIpc) is 2.47. The van der Waals surface area contributed by atoms with Crippen molar-refractivity contribution in [1.82, 2.24) is 10.2 Å². The maximum absolute atomic E-state index is 13.6. The fourth-order valence-electron chi connectivity index (χ4n) is 2.81. The summed E-state index contributed by atoms with van der Waals surface area (Å²) in [5.74, 6) is -0.881. The van der Waals surface area contributed by atoms with Gasteiger partial charge in [0.15, 0.2) is 0 Å². The van der Waals surface area contributed by atoms with Crippen LogP contribution in [0.1, 0.15) is 30.0 Å². The van der Waals surface area contributed by atoms with Crippen LogP contribution in [0.5, 0.6) is 0 Å². The van der Waals surface area contributed by atoms with E-state index >= 15 is 0 Å². The Hall–Kier alpha value is -1.18. The van der Waals surface area contributed by atoms with Crippen molar-refractivity contribution in [3.63, 3.8) is 0 Å². The highest BCUT2D eigenvalue weighted by atomic mass is 19.4. The summed E-state index contributed by atoms with van der Waals surface area (Å²) in [6, 6.07) is 2.39. The molecule has 22 heavy (non-hydrogen) atoms. The van der Waals surface area contributed by atoms with Crippen molar-refractivity contribution < 1.29 is 22.7 Å². The van der Waals surface area contributed by atoms with Gasteiger partial charge in [-0.1, -0.05) is 0 Å². The van der Waals surface area contributed by atoms with Crippen LogP contribution in [0.4, 0.5) is 17.6 Å². The molecular formula is C15H20F4N2O. The Balaban J connectivity index is 2.31. The third-order valence-electron chi connectivity index (χ3n) is 3.86. The fraction of sp³-hybridized carbons (Fsp3) is 0.600. The Morgan fingerprint density at radius 2 is 1.86 bits per heavy atom. The summed E-state index contributed by atoms with van der Waals surface area (Å²) in [5.41, 5.74) is -0.644. The third kappa shape index (κ3) is 4.41. The molecule has 0 bridgehead atoms. The van der Waals surface area contributed by atoms with E-state index in [2.05, 4.69) is 5.32 Å². The van der Waals surface area contributed by atoms with Gasteiger partial charge in [-0.3, -0.25) is 4.90 Å². The zero-order valence-corrected chi connectivity index (χ0v) is 12.2. The largest absolute Gasteiger partial charge is 0.416 e. The standard InChI is InChI=1S/C15H20F4N2O/c16-13-9-11(8-12(10-13)15(17,18)19)14(2-1-7-22)21-5-3-20-4-6-21/h8-10,14,20,22H,1-7H2/t14-/m0/s1. The van der Waals surface area contributed by atoms with Gasteiger partial charge in [-0.25, -0.2) is 4.39 Å². The number of alkyl halides is 3. The number of nitrogens with one attached hydrogen (secondary N) is 1. The van der Waals surface area contributed by atoms with Crippen molar-refractivity contribution in [3.05, 3.63) is 35.1 Å². The molecular weight excluding hydrogens is 300 g/mol. The lowest BCUT2D eigenvalue weighted by atomic mass is 9.97. The summed E-state index contributed by atoms with van der Waals surface area (Å²) in [7, 11) is 0. The van der Waals surface area contributed by atoms with Crippen LogP contribution < -0.4 is 5.32 Å². The summed E-state index contributed by atoms with van der Waals surface area (Å²) in [6.45, 7) is 2.83. The summed E-state index contributed by atoms with van der Waals surface area (Å²) in [6.07, 6.45) is -3.61. The van der Waals surface area contributed by atoms with E-state index in [9.17, 15) is 17.6 Å². The van der Waals surface area contributed by atoms with Crippen molar-refractivity contribution >= 4 is 0 Å². The third-order valence-corrected chi connectivity index (χ3v) is 3.86. The summed E-state index contributed by atoms with van der Waals surface area (Å²) >= 11 is 0. The molecule has 7 heteroatoms. The maximum Gasteiger partial charge on any atom is 0.416 e. The first kappa shape index (κ1) is 17.2. The minimum atomic E-state index is -4.57. The molecule has 1 aliphatic rings. The molecule has 1 fully saturated rings. The van der Waals surface area contributed by atoms with Crippen molar-refractivity contribution in [3.8, 4) is 0 Å². The number of nitrogens with zero attached hydrogens (tertiary/aromatic N) is 1. The van der Waals surface area contributed by atoms with Crippen LogP contribution in [-0.2, 0) is 6.18 Å². The number of benzene rings is 1. The number of halogens is 4. The second-order valence-electron chi connectivity index (χ2n) is 5.44. The molecule has 1 aromatic carbocycles. The predicted molar refractivity (Wildman–Crippen MR) is 74.9 cm³/mol. The highest BCUT2D eigenvalue weighted by molar-refractivity contribution is 5.29. The summed E-state index contributed by atoms with van der Waals surface area (Å²) < 4.78 is 52.3. The number of aliphatic hydroxyl groups excluding tert-OH is 1. The second kappa shape index (κ2) is 7.39. The van der Waals surface area contributed by atoms with E-state index in [1.165, 1.54) is 6.07 Å². The quantitative estimate of drug-likeness (QED) is 0.819. The SMILES string of the molecule is OCCC[C@@H](c1cc(F)cc(C(F)(F)F)c1)N1CCNCC1. The first-order chi connectivity index (χ1) is 10.4. The van der Waals surface area contributed by atoms with Crippen molar-refractivity contribution in [2.24, 2.45) is 0 Å². The van der Waals surface area contributed by atoms with Crippen LogP contribution in [0.15, 0.2) is 18.2 Å². The number of hydrogen-bond donors (Lipinski definition) is 2. The predicted octanol–water partition coefficient (Wildman–Crippen LogP) is 2.56. The van der Waals surface area contributed by atoms with Crippen LogP contribution in [0.3, 0.4) is 0 Å². The molecule has 1 saturated heterocycles. The van der Waals surface area contributed by atoms with E-state index in [1.807, 2.05) is 4.90 Å².